The molecule has 2 rings (SSSR count). The number of aryl methyl sites for hydroxylation is 1. The quantitative estimate of drug-likeness (QED) is 0.892. The molecule has 2 nitrogen and oxygen atoms in total. The third kappa shape index (κ3) is 3.45. The van der Waals surface area contributed by atoms with Gasteiger partial charge in [0.1, 0.15) is 0 Å². The molecule has 0 saturated carbocycles. The monoisotopic (exact) mass is 300 g/mol. The number of hydrogen-bond donors (Lipinski definition) is 1. The van der Waals surface area contributed by atoms with Gasteiger partial charge in [-0.25, -0.2) is 4.98 Å². The van der Waals surface area contributed by atoms with Crippen LogP contribution in [-0.4, -0.2) is 4.98 Å². The van der Waals surface area contributed by atoms with Crippen LogP contribution in [0.15, 0.2) is 24.4 Å². The highest BCUT2D eigenvalue weighted by atomic mass is 35.5. The second-order valence-electron chi connectivity index (χ2n) is 4.11. The molecule has 0 fully saturated rings. The molecule has 0 aliphatic rings. The van der Waals surface area contributed by atoms with Crippen LogP contribution in [0.5, 0.6) is 0 Å². The Labute approximate surface area is 121 Å². The van der Waals surface area contributed by atoms with Crippen LogP contribution in [0.25, 0.3) is 0 Å². The highest BCUT2D eigenvalue weighted by Gasteiger charge is 2.10. The Kier molecular flexibility index (Phi) is 4.62. The minimum atomic E-state index is 0.151. The highest BCUT2D eigenvalue weighted by molar-refractivity contribution is 7.11. The molecule has 0 saturated heterocycles. The summed E-state index contributed by atoms with van der Waals surface area (Å²) in [5.74, 6) is 0. The van der Waals surface area contributed by atoms with Crippen molar-refractivity contribution >= 4 is 34.5 Å². The van der Waals surface area contributed by atoms with Gasteiger partial charge in [0.05, 0.1) is 5.01 Å². The first-order valence-corrected chi connectivity index (χ1v) is 7.23. The molecule has 1 unspecified atom stereocenters. The summed E-state index contributed by atoms with van der Waals surface area (Å²) in [6.45, 7) is 4.87. The Balaban J connectivity index is 2.03. The third-order valence-corrected chi connectivity index (χ3v) is 4.17. The van der Waals surface area contributed by atoms with Crippen molar-refractivity contribution in [1.29, 1.82) is 0 Å². The number of thiazole rings is 1. The maximum atomic E-state index is 6.17. The number of halogens is 2. The molecular weight excluding hydrogens is 287 g/mol. The molecule has 1 N–H and O–H groups in total. The van der Waals surface area contributed by atoms with Gasteiger partial charge in [-0.1, -0.05) is 23.2 Å². The van der Waals surface area contributed by atoms with Crippen molar-refractivity contribution in [2.75, 3.05) is 0 Å². The Hall–Kier alpha value is -0.610. The van der Waals surface area contributed by atoms with Crippen LogP contribution in [0.3, 0.4) is 0 Å². The summed E-state index contributed by atoms with van der Waals surface area (Å²) >= 11 is 13.9. The fourth-order valence-corrected chi connectivity index (χ4v) is 2.90. The van der Waals surface area contributed by atoms with Crippen LogP contribution < -0.4 is 5.32 Å². The first kappa shape index (κ1) is 13.8. The number of aromatic nitrogens is 1. The molecule has 0 spiro atoms. The van der Waals surface area contributed by atoms with Crippen molar-refractivity contribution in [2.45, 2.75) is 26.4 Å². The van der Waals surface area contributed by atoms with Crippen molar-refractivity contribution in [3.05, 3.63) is 49.9 Å². The fraction of sp³-hybridized carbons (Fsp3) is 0.308. The van der Waals surface area contributed by atoms with Gasteiger partial charge in [0.15, 0.2) is 0 Å². The Morgan fingerprint density at radius 2 is 2.17 bits per heavy atom. The van der Waals surface area contributed by atoms with Crippen LogP contribution in [-0.2, 0) is 6.54 Å². The molecule has 0 amide bonds. The second-order valence-corrected chi connectivity index (χ2v) is 6.28. The van der Waals surface area contributed by atoms with Gasteiger partial charge < -0.3 is 5.32 Å². The maximum Gasteiger partial charge on any atom is 0.0897 e. The van der Waals surface area contributed by atoms with Crippen molar-refractivity contribution in [1.82, 2.24) is 10.3 Å². The molecule has 96 valence electrons. The summed E-state index contributed by atoms with van der Waals surface area (Å²) in [6.07, 6.45) is 1.90. The van der Waals surface area contributed by atoms with E-state index in [1.807, 2.05) is 25.3 Å². The predicted molar refractivity (Wildman–Crippen MR) is 78.6 cm³/mol. The molecule has 1 aromatic carbocycles. The van der Waals surface area contributed by atoms with Crippen LogP contribution >= 0.6 is 34.5 Å². The average molecular weight is 301 g/mol. The molecule has 0 bridgehead atoms. The van der Waals surface area contributed by atoms with Crippen molar-refractivity contribution in [3.63, 3.8) is 0 Å². The van der Waals surface area contributed by atoms with Crippen molar-refractivity contribution < 1.29 is 0 Å². The number of benzene rings is 1. The Bertz CT molecular complexity index is 540. The largest absolute Gasteiger partial charge is 0.305 e. The zero-order chi connectivity index (χ0) is 13.1. The maximum absolute atomic E-state index is 6.17. The Morgan fingerprint density at radius 1 is 1.39 bits per heavy atom. The molecule has 1 heterocycles. The van der Waals surface area contributed by atoms with E-state index in [2.05, 4.69) is 17.2 Å². The lowest BCUT2D eigenvalue weighted by atomic mass is 10.1. The fourth-order valence-electron chi connectivity index (χ4n) is 1.70. The summed E-state index contributed by atoms with van der Waals surface area (Å²) in [4.78, 5) is 5.45. The Morgan fingerprint density at radius 3 is 2.83 bits per heavy atom. The summed E-state index contributed by atoms with van der Waals surface area (Å²) in [5, 5.41) is 5.95. The molecule has 0 radical (unpaired) electrons. The van der Waals surface area contributed by atoms with E-state index in [9.17, 15) is 0 Å². The van der Waals surface area contributed by atoms with E-state index in [1.165, 1.54) is 4.88 Å². The lowest BCUT2D eigenvalue weighted by Crippen LogP contribution is -2.17. The second kappa shape index (κ2) is 6.02. The first-order chi connectivity index (χ1) is 8.56. The summed E-state index contributed by atoms with van der Waals surface area (Å²) in [6, 6.07) is 5.68. The number of nitrogens with one attached hydrogen (secondary N) is 1. The number of nitrogens with zero attached hydrogens (tertiary/aromatic N) is 1. The SMILES string of the molecule is Cc1ncc(CNC(C)c2cc(Cl)ccc2Cl)s1. The minimum Gasteiger partial charge on any atom is -0.305 e. The third-order valence-electron chi connectivity index (χ3n) is 2.68. The van der Waals surface area contributed by atoms with Crippen molar-refractivity contribution in [3.8, 4) is 0 Å². The van der Waals surface area contributed by atoms with Gasteiger partial charge in [-0.15, -0.1) is 11.3 Å². The molecule has 18 heavy (non-hydrogen) atoms. The molecule has 1 aromatic heterocycles. The zero-order valence-corrected chi connectivity index (χ0v) is 12.5. The number of hydrogen-bond acceptors (Lipinski definition) is 3. The van der Waals surface area contributed by atoms with Gasteiger partial charge in [0, 0.05) is 33.7 Å². The zero-order valence-electron chi connectivity index (χ0n) is 10.2. The van der Waals surface area contributed by atoms with E-state index in [4.69, 9.17) is 23.2 Å². The lowest BCUT2D eigenvalue weighted by Gasteiger charge is -2.15. The summed E-state index contributed by atoms with van der Waals surface area (Å²) < 4.78 is 0. The van der Waals surface area contributed by atoms with E-state index >= 15 is 0 Å². The van der Waals surface area contributed by atoms with Crippen LogP contribution in [0.2, 0.25) is 10.0 Å². The smallest absolute Gasteiger partial charge is 0.0897 e. The van der Waals surface area contributed by atoms with E-state index in [0.717, 1.165) is 22.1 Å². The summed E-state index contributed by atoms with van der Waals surface area (Å²) in [5.41, 5.74) is 1.02. The lowest BCUT2D eigenvalue weighted by molar-refractivity contribution is 0.578. The topological polar surface area (TPSA) is 24.9 Å². The standard InChI is InChI=1S/C13H14Cl2N2S/c1-8(12-5-10(14)3-4-13(12)15)16-6-11-7-17-9(2)18-11/h3-5,7-8,16H,6H2,1-2H3. The van der Waals surface area contributed by atoms with Gasteiger partial charge in [-0.3, -0.25) is 0 Å². The highest BCUT2D eigenvalue weighted by Crippen LogP contribution is 2.26. The molecule has 0 aliphatic heterocycles. The molecular formula is C13H14Cl2N2S. The minimum absolute atomic E-state index is 0.151. The predicted octanol–water partition coefficient (Wildman–Crippen LogP) is 4.61. The average Bonchev–Trinajstić information content (AvgIpc) is 2.75. The van der Waals surface area contributed by atoms with Gasteiger partial charge >= 0.3 is 0 Å². The van der Waals surface area contributed by atoms with Gasteiger partial charge in [-0.2, -0.15) is 0 Å². The summed E-state index contributed by atoms with van der Waals surface area (Å²) in [7, 11) is 0. The van der Waals surface area contributed by atoms with E-state index in [0.29, 0.717) is 5.02 Å². The molecule has 1 atom stereocenters. The van der Waals surface area contributed by atoms with E-state index in [1.54, 1.807) is 17.4 Å². The van der Waals surface area contributed by atoms with Gasteiger partial charge in [0.2, 0.25) is 0 Å². The van der Waals surface area contributed by atoms with Gasteiger partial charge in [-0.05, 0) is 37.6 Å². The van der Waals surface area contributed by atoms with E-state index < -0.39 is 0 Å². The molecule has 2 aromatic rings. The van der Waals surface area contributed by atoms with Crippen molar-refractivity contribution in [2.24, 2.45) is 0 Å². The number of rotatable bonds is 4. The van der Waals surface area contributed by atoms with Crippen LogP contribution in [0, 0.1) is 6.92 Å². The van der Waals surface area contributed by atoms with Gasteiger partial charge in [0.25, 0.3) is 0 Å². The van der Waals surface area contributed by atoms with E-state index in [-0.39, 0.29) is 6.04 Å². The molecule has 0 aliphatic carbocycles. The van der Waals surface area contributed by atoms with Crippen LogP contribution in [0.4, 0.5) is 0 Å². The molecule has 5 heteroatoms. The first-order valence-electron chi connectivity index (χ1n) is 5.66. The van der Waals surface area contributed by atoms with Crippen LogP contribution in [0.1, 0.15) is 28.4 Å². The normalized spacial score (nSPS) is 12.7.